The summed E-state index contributed by atoms with van der Waals surface area (Å²) in [5.74, 6) is -0.708. The molecule has 17 heavy (non-hydrogen) atoms. The Morgan fingerprint density at radius 2 is 1.35 bits per heavy atom. The summed E-state index contributed by atoms with van der Waals surface area (Å²) in [6.45, 7) is 2.39. The Hall–Kier alpha value is -0.610. The van der Waals surface area contributed by atoms with Crippen molar-refractivity contribution in [3.8, 4) is 0 Å². The van der Waals surface area contributed by atoms with Gasteiger partial charge in [-0.05, 0) is 25.7 Å². The van der Waals surface area contributed by atoms with Crippen LogP contribution in [0, 0.1) is 0 Å². The second kappa shape index (κ2) is 6.97. The molecule has 4 nitrogen and oxygen atoms in total. The maximum atomic E-state index is 10.6. The number of aliphatic carboxylic acids is 1. The van der Waals surface area contributed by atoms with Crippen LogP contribution in [-0.2, 0) is 4.79 Å². The van der Waals surface area contributed by atoms with Crippen molar-refractivity contribution in [2.75, 3.05) is 54.9 Å². The van der Waals surface area contributed by atoms with Crippen LogP contribution in [0.25, 0.3) is 0 Å². The summed E-state index contributed by atoms with van der Waals surface area (Å²) >= 11 is 0. The Labute approximate surface area is 106 Å². The van der Waals surface area contributed by atoms with Gasteiger partial charge in [0.05, 0.1) is 48.3 Å². The molecule has 0 spiro atoms. The van der Waals surface area contributed by atoms with E-state index in [2.05, 4.69) is 21.1 Å². The van der Waals surface area contributed by atoms with Crippen molar-refractivity contribution in [1.82, 2.24) is 0 Å². The van der Waals surface area contributed by atoms with Crippen LogP contribution in [0.2, 0.25) is 0 Å². The van der Waals surface area contributed by atoms with E-state index >= 15 is 0 Å². The highest BCUT2D eigenvalue weighted by molar-refractivity contribution is 5.67. The number of unbranched alkanes of at least 4 members (excludes halogenated alkanes) is 3. The van der Waals surface area contributed by atoms with Gasteiger partial charge in [-0.2, -0.15) is 0 Å². The predicted octanol–water partition coefficient (Wildman–Crippen LogP) is 1.41. The molecule has 0 aromatic rings. The van der Waals surface area contributed by atoms with Crippen LogP contribution in [0.5, 0.6) is 0 Å². The highest BCUT2D eigenvalue weighted by atomic mass is 16.4. The zero-order valence-corrected chi connectivity index (χ0v) is 12.2. The monoisotopic (exact) mass is 246 g/mol. The van der Waals surface area contributed by atoms with E-state index in [1.165, 1.54) is 25.8 Å². The minimum Gasteiger partial charge on any atom is -0.477 e. The zero-order valence-electron chi connectivity index (χ0n) is 12.2. The largest absolute Gasteiger partial charge is 0.477 e. The first-order valence-corrected chi connectivity index (χ1v) is 6.47. The number of rotatable bonds is 9. The molecule has 0 saturated heterocycles. The van der Waals surface area contributed by atoms with Crippen LogP contribution in [-0.4, -0.2) is 74.9 Å². The second-order valence-corrected chi connectivity index (χ2v) is 6.64. The molecule has 0 aromatic carbocycles. The molecule has 0 saturated carbocycles. The highest BCUT2D eigenvalue weighted by Gasteiger charge is 2.18. The summed E-state index contributed by atoms with van der Waals surface area (Å²) in [6.07, 6.45) is 4.84. The van der Waals surface area contributed by atoms with Crippen molar-refractivity contribution in [1.29, 1.82) is 0 Å². The van der Waals surface area contributed by atoms with Gasteiger partial charge in [0.1, 0.15) is 0 Å². The van der Waals surface area contributed by atoms with E-state index in [1.54, 1.807) is 0 Å². The third kappa shape index (κ3) is 11.6. The van der Waals surface area contributed by atoms with Gasteiger partial charge in [-0.15, -0.1) is 0 Å². The fraction of sp³-hybridized carbons (Fsp3) is 0.923. The van der Waals surface area contributed by atoms with E-state index < -0.39 is 5.97 Å². The first-order chi connectivity index (χ1) is 7.62. The first-order valence-electron chi connectivity index (χ1n) is 6.47. The molecule has 1 N–H and O–H groups in total. The van der Waals surface area contributed by atoms with Gasteiger partial charge in [0.2, 0.25) is 0 Å². The number of carboxylic acids is 1. The van der Waals surface area contributed by atoms with Crippen molar-refractivity contribution in [3.63, 3.8) is 0 Å². The number of hydrogen-bond acceptors (Lipinski definition) is 1. The molecular formula is C13H30N2O2+2. The van der Waals surface area contributed by atoms with Crippen molar-refractivity contribution in [2.24, 2.45) is 0 Å². The third-order valence-corrected chi connectivity index (χ3v) is 2.91. The van der Waals surface area contributed by atoms with E-state index in [9.17, 15) is 4.79 Å². The summed E-state index contributed by atoms with van der Waals surface area (Å²) in [5, 5.41) is 8.76. The molecule has 0 unspecified atom stereocenters. The Kier molecular flexibility index (Phi) is 6.72. The van der Waals surface area contributed by atoms with Gasteiger partial charge in [0.25, 0.3) is 0 Å². The SMILES string of the molecule is C[N+](C)(C)CCCCCC[N+](C)(C)CC(=O)O. The van der Waals surface area contributed by atoms with E-state index in [4.69, 9.17) is 5.11 Å². The Balaban J connectivity index is 3.54. The Morgan fingerprint density at radius 3 is 1.76 bits per heavy atom. The molecule has 0 aliphatic carbocycles. The highest BCUT2D eigenvalue weighted by Crippen LogP contribution is 2.07. The molecule has 0 bridgehead atoms. The Bertz CT molecular complexity index is 232. The third-order valence-electron chi connectivity index (χ3n) is 2.91. The normalized spacial score (nSPS) is 12.8. The summed E-state index contributed by atoms with van der Waals surface area (Å²) in [5.41, 5.74) is 0. The summed E-state index contributed by atoms with van der Waals surface area (Å²) < 4.78 is 1.62. The molecule has 0 fully saturated rings. The van der Waals surface area contributed by atoms with Crippen LogP contribution >= 0.6 is 0 Å². The summed E-state index contributed by atoms with van der Waals surface area (Å²) in [7, 11) is 10.6. The number of carboxylic acid groups (broad SMARTS) is 1. The molecule has 0 radical (unpaired) electrons. The second-order valence-electron chi connectivity index (χ2n) is 6.64. The van der Waals surface area contributed by atoms with Gasteiger partial charge in [-0.25, -0.2) is 4.79 Å². The van der Waals surface area contributed by atoms with Gasteiger partial charge in [-0.3, -0.25) is 0 Å². The van der Waals surface area contributed by atoms with Crippen LogP contribution in [0.15, 0.2) is 0 Å². The van der Waals surface area contributed by atoms with Crippen LogP contribution in [0.3, 0.4) is 0 Å². The number of carbonyl (C=O) groups is 1. The van der Waals surface area contributed by atoms with E-state index in [0.717, 1.165) is 17.4 Å². The maximum absolute atomic E-state index is 10.6. The van der Waals surface area contributed by atoms with E-state index in [0.29, 0.717) is 4.48 Å². The molecule has 0 aliphatic rings. The van der Waals surface area contributed by atoms with Gasteiger partial charge in [0.15, 0.2) is 6.54 Å². The fourth-order valence-electron chi connectivity index (χ4n) is 1.92. The van der Waals surface area contributed by atoms with Crippen molar-refractivity contribution in [3.05, 3.63) is 0 Å². The topological polar surface area (TPSA) is 37.3 Å². The Morgan fingerprint density at radius 1 is 0.882 bits per heavy atom. The summed E-state index contributed by atoms with van der Waals surface area (Å²) in [4.78, 5) is 10.6. The van der Waals surface area contributed by atoms with E-state index in [1.807, 2.05) is 14.1 Å². The fourth-order valence-corrected chi connectivity index (χ4v) is 1.92. The van der Waals surface area contributed by atoms with Gasteiger partial charge < -0.3 is 14.1 Å². The maximum Gasteiger partial charge on any atom is 0.359 e. The van der Waals surface area contributed by atoms with Crippen LogP contribution < -0.4 is 0 Å². The van der Waals surface area contributed by atoms with Gasteiger partial charge in [-0.1, -0.05) is 0 Å². The standard InChI is InChI=1S/C13H29N2O2/c1-14(2,3)10-8-6-7-9-11-15(4,5)12-13(16)17/h6-12H2,1-5H3/q+1/p+1. The van der Waals surface area contributed by atoms with E-state index in [-0.39, 0.29) is 6.54 Å². The zero-order chi connectivity index (χ0) is 13.5. The van der Waals surface area contributed by atoms with Crippen molar-refractivity contribution >= 4 is 5.97 Å². The molecule has 0 rings (SSSR count). The smallest absolute Gasteiger partial charge is 0.359 e. The quantitative estimate of drug-likeness (QED) is 0.493. The van der Waals surface area contributed by atoms with Gasteiger partial charge in [0, 0.05) is 0 Å². The van der Waals surface area contributed by atoms with Gasteiger partial charge >= 0.3 is 5.97 Å². The molecular weight excluding hydrogens is 216 g/mol. The van der Waals surface area contributed by atoms with Crippen molar-refractivity contribution < 1.29 is 18.9 Å². The number of likely N-dealkylation sites (N-methyl/N-ethyl adjacent to an activating group) is 1. The lowest BCUT2D eigenvalue weighted by Crippen LogP contribution is -2.44. The minimum absolute atomic E-state index is 0.221. The lowest BCUT2D eigenvalue weighted by Gasteiger charge is -2.27. The number of hydrogen-bond donors (Lipinski definition) is 1. The molecule has 0 aliphatic heterocycles. The molecule has 0 atom stereocenters. The molecule has 0 amide bonds. The lowest BCUT2D eigenvalue weighted by atomic mass is 10.1. The average molecular weight is 246 g/mol. The first kappa shape index (κ1) is 16.4. The molecule has 102 valence electrons. The van der Waals surface area contributed by atoms with Crippen LogP contribution in [0.1, 0.15) is 25.7 Å². The summed E-state index contributed by atoms with van der Waals surface area (Å²) in [6, 6.07) is 0. The molecule has 0 aromatic heterocycles. The molecule has 4 heteroatoms. The lowest BCUT2D eigenvalue weighted by molar-refractivity contribution is -0.883. The van der Waals surface area contributed by atoms with Crippen LogP contribution in [0.4, 0.5) is 0 Å². The number of nitrogens with zero attached hydrogens (tertiary/aromatic N) is 2. The average Bonchev–Trinajstić information content (AvgIpc) is 2.06. The number of quaternary nitrogens is 2. The molecule has 0 heterocycles. The predicted molar refractivity (Wildman–Crippen MR) is 70.8 cm³/mol. The van der Waals surface area contributed by atoms with Crippen molar-refractivity contribution in [2.45, 2.75) is 25.7 Å². The minimum atomic E-state index is -0.708.